The van der Waals surface area contributed by atoms with E-state index in [1.807, 2.05) is 0 Å². The monoisotopic (exact) mass is 390 g/mol. The van der Waals surface area contributed by atoms with Crippen molar-refractivity contribution < 1.29 is 37.2 Å². The number of rotatable bonds is 5. The Balaban J connectivity index is 2.51. The molecular weight excluding hydrogens is 373 g/mol. The molecule has 0 N–H and O–H groups in total. The Hall–Kier alpha value is -2.85. The second-order valence-corrected chi connectivity index (χ2v) is 5.97. The number of methoxy groups -OCH3 is 1. The van der Waals surface area contributed by atoms with Gasteiger partial charge in [0.15, 0.2) is 0 Å². The molecule has 1 aliphatic rings. The number of hydrogen-bond acceptors (Lipinski definition) is 7. The van der Waals surface area contributed by atoms with Gasteiger partial charge in [0, 0.05) is 31.6 Å². The summed E-state index contributed by atoms with van der Waals surface area (Å²) in [6.45, 7) is 1.60. The van der Waals surface area contributed by atoms with Crippen LogP contribution in [-0.2, 0) is 31.7 Å². The van der Waals surface area contributed by atoms with E-state index >= 15 is 0 Å². The van der Waals surface area contributed by atoms with Gasteiger partial charge in [-0.05, 0) is 11.6 Å². The van der Waals surface area contributed by atoms with Gasteiger partial charge in [-0.3, -0.25) is 19.7 Å². The Kier molecular flexibility index (Phi) is 5.91. The topological polar surface area (TPSA) is 99.0 Å². The van der Waals surface area contributed by atoms with Gasteiger partial charge in [-0.1, -0.05) is 0 Å². The first kappa shape index (κ1) is 20.5. The first-order valence-corrected chi connectivity index (χ1v) is 7.90. The molecule has 1 atom stereocenters. The Labute approximate surface area is 152 Å². The maximum absolute atomic E-state index is 13.3. The highest BCUT2D eigenvalue weighted by atomic mass is 19.4. The van der Waals surface area contributed by atoms with Crippen molar-refractivity contribution in [2.75, 3.05) is 25.1 Å². The molecule has 2 rings (SSSR count). The summed E-state index contributed by atoms with van der Waals surface area (Å²) in [4.78, 5) is 34.2. The largest absolute Gasteiger partial charge is 0.469 e. The third kappa shape index (κ3) is 4.86. The molecule has 1 heterocycles. The lowest BCUT2D eigenvalue weighted by Gasteiger charge is -2.23. The van der Waals surface area contributed by atoms with Crippen molar-refractivity contribution in [2.45, 2.75) is 32.0 Å². The van der Waals surface area contributed by atoms with Crippen molar-refractivity contribution in [3.63, 3.8) is 0 Å². The van der Waals surface area contributed by atoms with Crippen molar-refractivity contribution in [2.24, 2.45) is 0 Å². The zero-order valence-corrected chi connectivity index (χ0v) is 14.5. The van der Waals surface area contributed by atoms with Gasteiger partial charge in [0.2, 0.25) is 0 Å². The van der Waals surface area contributed by atoms with E-state index in [1.165, 1.54) is 11.8 Å². The number of anilines is 1. The lowest BCUT2D eigenvalue weighted by Crippen LogP contribution is -2.26. The van der Waals surface area contributed by atoms with Crippen LogP contribution in [0.5, 0.6) is 0 Å². The first-order valence-electron chi connectivity index (χ1n) is 7.90. The van der Waals surface area contributed by atoms with Gasteiger partial charge in [-0.15, -0.1) is 0 Å². The predicted octanol–water partition coefficient (Wildman–Crippen LogP) is 2.47. The fourth-order valence-corrected chi connectivity index (χ4v) is 2.94. The minimum Gasteiger partial charge on any atom is -0.469 e. The third-order valence-corrected chi connectivity index (χ3v) is 4.08. The minimum atomic E-state index is -4.95. The van der Waals surface area contributed by atoms with Gasteiger partial charge in [0.05, 0.1) is 25.0 Å². The normalized spacial score (nSPS) is 16.9. The molecule has 0 saturated carbocycles. The van der Waals surface area contributed by atoms with Gasteiger partial charge in [0.1, 0.15) is 11.7 Å². The Morgan fingerprint density at radius 3 is 2.56 bits per heavy atom. The average Bonchev–Trinajstić information content (AvgIpc) is 3.00. The lowest BCUT2D eigenvalue weighted by atomic mass is 10.0. The molecule has 8 nitrogen and oxygen atoms in total. The molecule has 1 saturated heterocycles. The number of carbonyl (C=O) groups excluding carboxylic acids is 2. The van der Waals surface area contributed by atoms with Crippen LogP contribution in [0.2, 0.25) is 0 Å². The Morgan fingerprint density at radius 1 is 1.37 bits per heavy atom. The van der Waals surface area contributed by atoms with Crippen LogP contribution in [0.4, 0.5) is 24.5 Å². The average molecular weight is 390 g/mol. The van der Waals surface area contributed by atoms with E-state index in [0.717, 1.165) is 13.2 Å². The van der Waals surface area contributed by atoms with Gasteiger partial charge in [0.25, 0.3) is 5.69 Å². The van der Waals surface area contributed by atoms with Crippen molar-refractivity contribution in [3.8, 4) is 0 Å². The zero-order valence-electron chi connectivity index (χ0n) is 14.5. The Bertz CT molecular complexity index is 765. The molecule has 0 spiro atoms. The SMILES string of the molecule is COC(=O)Cc1cc([N+](=O)[O-])c(C(F)(F)F)cc1N1CC[C@@H](OC(C)=O)C1. The summed E-state index contributed by atoms with van der Waals surface area (Å²) in [5.41, 5.74) is -2.49. The first-order chi connectivity index (χ1) is 12.5. The molecule has 148 valence electrons. The molecule has 0 radical (unpaired) electrons. The summed E-state index contributed by atoms with van der Waals surface area (Å²) in [7, 11) is 1.10. The van der Waals surface area contributed by atoms with Gasteiger partial charge in [-0.2, -0.15) is 13.2 Å². The van der Waals surface area contributed by atoms with Crippen molar-refractivity contribution >= 4 is 23.3 Å². The third-order valence-electron chi connectivity index (χ3n) is 4.08. The fourth-order valence-electron chi connectivity index (χ4n) is 2.94. The van der Waals surface area contributed by atoms with E-state index in [0.29, 0.717) is 12.5 Å². The van der Waals surface area contributed by atoms with E-state index in [1.54, 1.807) is 0 Å². The number of esters is 2. The number of benzene rings is 1. The standard InChI is InChI=1S/C16H17F3N2O6/c1-9(22)27-11-3-4-20(8-11)13-7-12(16(17,18)19)14(21(24)25)5-10(13)6-15(23)26-2/h5,7,11H,3-4,6,8H2,1-2H3/t11-/m1/s1. The van der Waals surface area contributed by atoms with Crippen molar-refractivity contribution in [1.29, 1.82) is 0 Å². The second kappa shape index (κ2) is 7.80. The number of halogens is 3. The number of alkyl halides is 3. The maximum atomic E-state index is 13.3. The van der Waals surface area contributed by atoms with E-state index in [9.17, 15) is 32.9 Å². The summed E-state index contributed by atoms with van der Waals surface area (Å²) in [6.07, 6.45) is -5.51. The van der Waals surface area contributed by atoms with Crippen LogP contribution < -0.4 is 4.90 Å². The molecule has 1 aliphatic heterocycles. The molecule has 1 aromatic rings. The molecule has 0 amide bonds. The number of nitro groups is 1. The van der Waals surface area contributed by atoms with Crippen LogP contribution in [0, 0.1) is 10.1 Å². The van der Waals surface area contributed by atoms with Crippen LogP contribution in [0.25, 0.3) is 0 Å². The molecule has 0 aliphatic carbocycles. The van der Waals surface area contributed by atoms with Gasteiger partial charge >= 0.3 is 18.1 Å². The second-order valence-electron chi connectivity index (χ2n) is 5.97. The van der Waals surface area contributed by atoms with E-state index in [4.69, 9.17) is 4.74 Å². The quantitative estimate of drug-likeness (QED) is 0.433. The van der Waals surface area contributed by atoms with Crippen LogP contribution in [-0.4, -0.2) is 43.2 Å². The molecule has 1 aromatic carbocycles. The number of hydrogen-bond donors (Lipinski definition) is 0. The molecule has 0 aromatic heterocycles. The molecule has 0 unspecified atom stereocenters. The van der Waals surface area contributed by atoms with Crippen LogP contribution in [0.15, 0.2) is 12.1 Å². The highest BCUT2D eigenvalue weighted by Gasteiger charge is 2.40. The fraction of sp³-hybridized carbons (Fsp3) is 0.500. The highest BCUT2D eigenvalue weighted by molar-refractivity contribution is 5.77. The molecule has 27 heavy (non-hydrogen) atoms. The van der Waals surface area contributed by atoms with E-state index in [2.05, 4.69) is 4.74 Å². The van der Waals surface area contributed by atoms with Gasteiger partial charge in [-0.25, -0.2) is 0 Å². The van der Waals surface area contributed by atoms with Crippen molar-refractivity contribution in [3.05, 3.63) is 33.4 Å². The van der Waals surface area contributed by atoms with Crippen LogP contribution in [0.3, 0.4) is 0 Å². The molecule has 11 heteroatoms. The number of nitro benzene ring substituents is 1. The molecule has 0 bridgehead atoms. The van der Waals surface area contributed by atoms with Crippen LogP contribution >= 0.6 is 0 Å². The molecular formula is C16H17F3N2O6. The highest BCUT2D eigenvalue weighted by Crippen LogP contribution is 2.41. The number of carbonyl (C=O) groups is 2. The molecule has 1 fully saturated rings. The number of ether oxygens (including phenoxy) is 2. The summed E-state index contributed by atoms with van der Waals surface area (Å²) in [5, 5.41) is 11.1. The summed E-state index contributed by atoms with van der Waals surface area (Å²) >= 11 is 0. The van der Waals surface area contributed by atoms with Crippen molar-refractivity contribution in [1.82, 2.24) is 0 Å². The van der Waals surface area contributed by atoms with Gasteiger partial charge < -0.3 is 14.4 Å². The maximum Gasteiger partial charge on any atom is 0.423 e. The lowest BCUT2D eigenvalue weighted by molar-refractivity contribution is -0.388. The van der Waals surface area contributed by atoms with E-state index < -0.39 is 46.8 Å². The summed E-state index contributed by atoms with van der Waals surface area (Å²) < 4.78 is 49.5. The zero-order chi connectivity index (χ0) is 20.4. The summed E-state index contributed by atoms with van der Waals surface area (Å²) in [6, 6.07) is 1.40. The Morgan fingerprint density at radius 2 is 2.04 bits per heavy atom. The van der Waals surface area contributed by atoms with Crippen LogP contribution in [0.1, 0.15) is 24.5 Å². The minimum absolute atomic E-state index is 0.0213. The summed E-state index contributed by atoms with van der Waals surface area (Å²) in [5.74, 6) is -1.27. The smallest absolute Gasteiger partial charge is 0.423 e. The number of nitrogens with zero attached hydrogens (tertiary/aromatic N) is 2. The van der Waals surface area contributed by atoms with E-state index in [-0.39, 0.29) is 24.3 Å². The predicted molar refractivity (Wildman–Crippen MR) is 86.2 cm³/mol.